The zero-order valence-electron chi connectivity index (χ0n) is 16.6. The Hall–Kier alpha value is -1.58. The molecule has 6 nitrogen and oxygen atoms in total. The number of benzene rings is 1. The molecule has 3 rings (SSSR count). The maximum atomic E-state index is 12.9. The number of sulfonamides is 1. The molecule has 8 heteroatoms. The van der Waals surface area contributed by atoms with Gasteiger partial charge in [0.15, 0.2) is 0 Å². The van der Waals surface area contributed by atoms with Crippen LogP contribution in [0.15, 0.2) is 41.4 Å². The summed E-state index contributed by atoms with van der Waals surface area (Å²) in [6.45, 7) is 7.08. The van der Waals surface area contributed by atoms with Crippen LogP contribution in [0.4, 0.5) is 0 Å². The predicted octanol–water partition coefficient (Wildman–Crippen LogP) is 2.94. The number of rotatable bonds is 6. The lowest BCUT2D eigenvalue weighted by Gasteiger charge is -2.26. The van der Waals surface area contributed by atoms with Gasteiger partial charge in [-0.2, -0.15) is 4.31 Å². The van der Waals surface area contributed by atoms with Crippen LogP contribution in [0.5, 0.6) is 0 Å². The molecular weight excluding hydrogens is 394 g/mol. The molecule has 0 spiro atoms. The molecule has 1 aliphatic heterocycles. The van der Waals surface area contributed by atoms with Gasteiger partial charge in [-0.3, -0.25) is 4.90 Å². The average molecular weight is 422 g/mol. The minimum absolute atomic E-state index is 0.267. The second-order valence-electron chi connectivity index (χ2n) is 7.27. The molecule has 0 radical (unpaired) electrons. The molecule has 0 unspecified atom stereocenters. The van der Waals surface area contributed by atoms with Crippen LogP contribution in [-0.4, -0.2) is 55.5 Å². The molecule has 0 bridgehead atoms. The molecule has 1 fully saturated rings. The maximum absolute atomic E-state index is 12.9. The Morgan fingerprint density at radius 2 is 1.86 bits per heavy atom. The predicted molar refractivity (Wildman–Crippen MR) is 112 cm³/mol. The number of nitrogens with zero attached hydrogens (tertiary/aromatic N) is 3. The smallest absolute Gasteiger partial charge is 0.244 e. The topological polar surface area (TPSA) is 54.8 Å². The maximum Gasteiger partial charge on any atom is 0.244 e. The van der Waals surface area contributed by atoms with E-state index < -0.39 is 10.0 Å². The molecule has 1 aliphatic rings. The van der Waals surface area contributed by atoms with Gasteiger partial charge in [-0.1, -0.05) is 36.0 Å². The normalized spacial score (nSPS) is 15.9. The average Bonchev–Trinajstić information content (AvgIpc) is 2.66. The second kappa shape index (κ2) is 8.84. The summed E-state index contributed by atoms with van der Waals surface area (Å²) in [6, 6.07) is 9.70. The summed E-state index contributed by atoms with van der Waals surface area (Å²) in [5.41, 5.74) is 3.74. The molecule has 0 atom stereocenters. The number of pyridine rings is 1. The first-order chi connectivity index (χ1) is 13.3. The first kappa shape index (κ1) is 21.1. The molecule has 1 aromatic carbocycles. The lowest BCUT2D eigenvalue weighted by Crippen LogP contribution is -2.40. The molecule has 1 aromatic heterocycles. The standard InChI is InChI=1S/C20H27N3O3S2/c1-16-4-5-18(17(2)12-16)13-21(3)15-22-14-19(6-7-20(22)27)28(24,25)23-8-10-26-11-9-23/h4-7,12,14H,8-11,13,15H2,1-3H3. The highest BCUT2D eigenvalue weighted by Crippen LogP contribution is 2.18. The number of hydrogen-bond donors (Lipinski definition) is 0. The third-order valence-electron chi connectivity index (χ3n) is 4.90. The summed E-state index contributed by atoms with van der Waals surface area (Å²) in [7, 11) is -1.54. The van der Waals surface area contributed by atoms with Crippen LogP contribution in [0.2, 0.25) is 0 Å². The van der Waals surface area contributed by atoms with Crippen molar-refractivity contribution in [2.75, 3.05) is 33.4 Å². The van der Waals surface area contributed by atoms with Crippen molar-refractivity contribution < 1.29 is 13.2 Å². The summed E-state index contributed by atoms with van der Waals surface area (Å²) in [4.78, 5) is 2.39. The van der Waals surface area contributed by atoms with E-state index in [9.17, 15) is 8.42 Å². The van der Waals surface area contributed by atoms with Crippen LogP contribution < -0.4 is 0 Å². The van der Waals surface area contributed by atoms with Crippen molar-refractivity contribution in [2.24, 2.45) is 0 Å². The lowest BCUT2D eigenvalue weighted by molar-refractivity contribution is 0.0730. The van der Waals surface area contributed by atoms with Crippen molar-refractivity contribution in [1.29, 1.82) is 0 Å². The van der Waals surface area contributed by atoms with E-state index in [1.54, 1.807) is 18.3 Å². The van der Waals surface area contributed by atoms with E-state index in [-0.39, 0.29) is 4.90 Å². The Morgan fingerprint density at radius 1 is 1.14 bits per heavy atom. The fourth-order valence-electron chi connectivity index (χ4n) is 3.33. The van der Waals surface area contributed by atoms with Crippen molar-refractivity contribution in [2.45, 2.75) is 32.0 Å². The van der Waals surface area contributed by atoms with Crippen LogP contribution in [-0.2, 0) is 28.0 Å². The van der Waals surface area contributed by atoms with Gasteiger partial charge in [-0.05, 0) is 44.2 Å². The third-order valence-corrected chi connectivity index (χ3v) is 7.15. The highest BCUT2D eigenvalue weighted by molar-refractivity contribution is 7.89. The molecule has 1 saturated heterocycles. The lowest BCUT2D eigenvalue weighted by atomic mass is 10.1. The SMILES string of the molecule is Cc1ccc(CN(C)Cn2cc(S(=O)(=O)N3CCOCC3)ccc2=S)c(C)c1. The van der Waals surface area contributed by atoms with E-state index in [0.717, 1.165) is 6.54 Å². The zero-order valence-corrected chi connectivity index (χ0v) is 18.2. The number of aryl methyl sites for hydroxylation is 2. The molecule has 0 N–H and O–H groups in total. The van der Waals surface area contributed by atoms with E-state index in [4.69, 9.17) is 17.0 Å². The van der Waals surface area contributed by atoms with Gasteiger partial charge < -0.3 is 9.30 Å². The number of aromatic nitrogens is 1. The monoisotopic (exact) mass is 421 g/mol. The molecule has 0 aliphatic carbocycles. The first-order valence-electron chi connectivity index (χ1n) is 9.30. The Balaban J connectivity index is 1.78. The van der Waals surface area contributed by atoms with E-state index >= 15 is 0 Å². The van der Waals surface area contributed by atoms with Crippen LogP contribution in [0.25, 0.3) is 0 Å². The van der Waals surface area contributed by atoms with E-state index in [0.29, 0.717) is 37.6 Å². The summed E-state index contributed by atoms with van der Waals surface area (Å²) >= 11 is 5.42. The van der Waals surface area contributed by atoms with Gasteiger partial charge in [-0.15, -0.1) is 0 Å². The number of morpholine rings is 1. The van der Waals surface area contributed by atoms with Crippen molar-refractivity contribution >= 4 is 22.2 Å². The van der Waals surface area contributed by atoms with Crippen molar-refractivity contribution in [3.8, 4) is 0 Å². The molecule has 0 amide bonds. The Labute approximate surface area is 172 Å². The number of hydrogen-bond acceptors (Lipinski definition) is 5. The van der Waals surface area contributed by atoms with Crippen LogP contribution >= 0.6 is 12.2 Å². The van der Waals surface area contributed by atoms with Crippen LogP contribution in [0.3, 0.4) is 0 Å². The highest BCUT2D eigenvalue weighted by Gasteiger charge is 2.26. The van der Waals surface area contributed by atoms with E-state index in [1.807, 2.05) is 11.6 Å². The Bertz CT molecular complexity index is 996. The summed E-state index contributed by atoms with van der Waals surface area (Å²) in [5, 5.41) is 0. The molecule has 0 saturated carbocycles. The fourth-order valence-corrected chi connectivity index (χ4v) is 4.94. The van der Waals surface area contributed by atoms with Crippen molar-refractivity contribution in [1.82, 2.24) is 13.8 Å². The van der Waals surface area contributed by atoms with Crippen molar-refractivity contribution in [3.63, 3.8) is 0 Å². The summed E-state index contributed by atoms with van der Waals surface area (Å²) < 4.78 is 35.0. The summed E-state index contributed by atoms with van der Waals surface area (Å²) in [6.07, 6.45) is 1.64. The van der Waals surface area contributed by atoms with Gasteiger partial charge in [-0.25, -0.2) is 8.42 Å². The number of ether oxygens (including phenoxy) is 1. The van der Waals surface area contributed by atoms with E-state index in [1.165, 1.54) is 21.0 Å². The summed E-state index contributed by atoms with van der Waals surface area (Å²) in [5.74, 6) is 0. The molecular formula is C20H27N3O3S2. The fraction of sp³-hybridized carbons (Fsp3) is 0.450. The van der Waals surface area contributed by atoms with Gasteiger partial charge in [0, 0.05) is 25.8 Å². The molecule has 152 valence electrons. The van der Waals surface area contributed by atoms with Gasteiger partial charge in [0.2, 0.25) is 10.0 Å². The second-order valence-corrected chi connectivity index (χ2v) is 9.63. The van der Waals surface area contributed by atoms with Gasteiger partial charge >= 0.3 is 0 Å². The largest absolute Gasteiger partial charge is 0.379 e. The molecule has 2 heterocycles. The first-order valence-corrected chi connectivity index (χ1v) is 11.2. The van der Waals surface area contributed by atoms with E-state index in [2.05, 4.69) is 36.9 Å². The molecule has 28 heavy (non-hydrogen) atoms. The van der Waals surface area contributed by atoms with Crippen LogP contribution in [0.1, 0.15) is 16.7 Å². The molecule has 2 aromatic rings. The quantitative estimate of drug-likeness (QED) is 0.672. The Morgan fingerprint density at radius 3 is 2.54 bits per heavy atom. The minimum atomic E-state index is -3.54. The van der Waals surface area contributed by atoms with Crippen molar-refractivity contribution in [3.05, 3.63) is 57.9 Å². The minimum Gasteiger partial charge on any atom is -0.379 e. The highest BCUT2D eigenvalue weighted by atomic mass is 32.2. The third kappa shape index (κ3) is 4.87. The Kier molecular flexibility index (Phi) is 6.67. The van der Waals surface area contributed by atoms with Gasteiger partial charge in [0.25, 0.3) is 0 Å². The van der Waals surface area contributed by atoms with Gasteiger partial charge in [0.1, 0.15) is 4.64 Å². The van der Waals surface area contributed by atoms with Crippen LogP contribution in [0, 0.1) is 18.5 Å². The zero-order chi connectivity index (χ0) is 20.3. The van der Waals surface area contributed by atoms with Gasteiger partial charge in [0.05, 0.1) is 24.8 Å².